The van der Waals surface area contributed by atoms with Crippen LogP contribution in [-0.2, 0) is 9.59 Å². The molecule has 182 valence electrons. The summed E-state index contributed by atoms with van der Waals surface area (Å²) in [4.78, 5) is 27.5. The number of unbranched alkanes of at least 4 members (excludes halogenated alkanes) is 1. The predicted molar refractivity (Wildman–Crippen MR) is 138 cm³/mol. The lowest BCUT2D eigenvalue weighted by Gasteiger charge is -2.27. The van der Waals surface area contributed by atoms with Gasteiger partial charge in [0.05, 0.1) is 12.8 Å². The summed E-state index contributed by atoms with van der Waals surface area (Å²) in [5.41, 5.74) is 4.81. The first-order valence-electron chi connectivity index (χ1n) is 11.9. The third-order valence-corrected chi connectivity index (χ3v) is 6.31. The third kappa shape index (κ3) is 4.58. The van der Waals surface area contributed by atoms with Gasteiger partial charge in [0.25, 0.3) is 11.8 Å². The van der Waals surface area contributed by atoms with Crippen LogP contribution in [0.25, 0.3) is 23.0 Å². The topological polar surface area (TPSA) is 88.2 Å². The minimum atomic E-state index is -0.531. The Morgan fingerprint density at radius 3 is 2.47 bits per heavy atom. The Kier molecular flexibility index (Phi) is 7.16. The highest BCUT2D eigenvalue weighted by Gasteiger charge is 2.35. The fourth-order valence-corrected chi connectivity index (χ4v) is 4.25. The Labute approximate surface area is 210 Å². The van der Waals surface area contributed by atoms with E-state index >= 15 is 0 Å². The molecule has 0 aliphatic carbocycles. The van der Waals surface area contributed by atoms with Crippen molar-refractivity contribution in [3.63, 3.8) is 0 Å². The number of aryl methyl sites for hydroxylation is 1. The Hall–Kier alpha value is -4.44. The SMILES string of the molecule is CCCCN1C(=O)C(C#N)=C(C)/C(=C/c2cn(-c3ccccc3)nc2-c2ccc(OC)cc2C)C1=O. The van der Waals surface area contributed by atoms with Crippen molar-refractivity contribution in [3.05, 3.63) is 82.6 Å². The van der Waals surface area contributed by atoms with E-state index in [0.717, 1.165) is 29.0 Å². The Bertz CT molecular complexity index is 1420. The molecule has 0 unspecified atom stereocenters. The number of hydrogen-bond donors (Lipinski definition) is 0. The first-order chi connectivity index (χ1) is 17.4. The molecule has 0 radical (unpaired) electrons. The molecule has 2 amide bonds. The number of nitriles is 1. The lowest BCUT2D eigenvalue weighted by Crippen LogP contribution is -2.43. The lowest BCUT2D eigenvalue weighted by molar-refractivity contribution is -0.140. The minimum absolute atomic E-state index is 0.00502. The molecule has 2 aromatic carbocycles. The van der Waals surface area contributed by atoms with Crippen molar-refractivity contribution in [2.75, 3.05) is 13.7 Å². The van der Waals surface area contributed by atoms with E-state index in [-0.39, 0.29) is 12.1 Å². The summed E-state index contributed by atoms with van der Waals surface area (Å²) in [5, 5.41) is 14.6. The Balaban J connectivity index is 1.92. The number of carbonyl (C=O) groups is 2. The van der Waals surface area contributed by atoms with Gasteiger partial charge in [-0.15, -0.1) is 0 Å². The molecule has 4 rings (SSSR count). The van der Waals surface area contributed by atoms with Crippen molar-refractivity contribution in [2.24, 2.45) is 0 Å². The van der Waals surface area contributed by atoms with Crippen LogP contribution in [0.15, 0.2) is 71.4 Å². The van der Waals surface area contributed by atoms with Gasteiger partial charge in [0.2, 0.25) is 0 Å². The first kappa shape index (κ1) is 24.7. The number of hydrogen-bond acceptors (Lipinski definition) is 5. The van der Waals surface area contributed by atoms with Gasteiger partial charge < -0.3 is 4.74 Å². The fraction of sp³-hybridized carbons (Fsp3) is 0.241. The molecule has 3 aromatic rings. The number of amides is 2. The van der Waals surface area contributed by atoms with Crippen molar-refractivity contribution in [1.82, 2.24) is 14.7 Å². The summed E-state index contributed by atoms with van der Waals surface area (Å²) >= 11 is 0. The third-order valence-electron chi connectivity index (χ3n) is 6.31. The van der Waals surface area contributed by atoms with E-state index in [1.807, 2.05) is 74.6 Å². The monoisotopic (exact) mass is 480 g/mol. The van der Waals surface area contributed by atoms with Gasteiger partial charge in [0, 0.05) is 29.4 Å². The number of imide groups is 1. The summed E-state index contributed by atoms with van der Waals surface area (Å²) in [6, 6.07) is 17.4. The van der Waals surface area contributed by atoms with Gasteiger partial charge in [-0.2, -0.15) is 10.4 Å². The quantitative estimate of drug-likeness (QED) is 0.340. The Morgan fingerprint density at radius 2 is 1.83 bits per heavy atom. The zero-order valence-corrected chi connectivity index (χ0v) is 20.9. The van der Waals surface area contributed by atoms with Gasteiger partial charge in [-0.1, -0.05) is 31.5 Å². The van der Waals surface area contributed by atoms with Gasteiger partial charge in [-0.3, -0.25) is 14.5 Å². The molecular formula is C29H28N4O3. The van der Waals surface area contributed by atoms with Crippen molar-refractivity contribution in [1.29, 1.82) is 5.26 Å². The van der Waals surface area contributed by atoms with E-state index in [1.165, 1.54) is 4.90 Å². The summed E-state index contributed by atoms with van der Waals surface area (Å²) in [7, 11) is 1.62. The van der Waals surface area contributed by atoms with E-state index in [0.29, 0.717) is 28.8 Å². The van der Waals surface area contributed by atoms with Crippen LogP contribution in [0.3, 0.4) is 0 Å². The highest BCUT2D eigenvalue weighted by Crippen LogP contribution is 2.33. The van der Waals surface area contributed by atoms with E-state index in [1.54, 1.807) is 24.8 Å². The average molecular weight is 481 g/mol. The highest BCUT2D eigenvalue weighted by atomic mass is 16.5. The number of para-hydroxylation sites is 1. The second kappa shape index (κ2) is 10.4. The molecule has 1 aromatic heterocycles. The molecule has 2 heterocycles. The maximum absolute atomic E-state index is 13.4. The first-order valence-corrected chi connectivity index (χ1v) is 11.9. The zero-order chi connectivity index (χ0) is 25.8. The molecule has 7 heteroatoms. The molecule has 0 spiro atoms. The second-order valence-electron chi connectivity index (χ2n) is 8.68. The van der Waals surface area contributed by atoms with Crippen LogP contribution in [-0.4, -0.2) is 40.1 Å². The van der Waals surface area contributed by atoms with E-state index < -0.39 is 11.8 Å². The molecule has 0 N–H and O–H groups in total. The summed E-state index contributed by atoms with van der Waals surface area (Å²) in [5.74, 6) is -0.185. The highest BCUT2D eigenvalue weighted by molar-refractivity contribution is 6.19. The van der Waals surface area contributed by atoms with Gasteiger partial charge in [-0.05, 0) is 67.8 Å². The maximum Gasteiger partial charge on any atom is 0.271 e. The normalized spacial score (nSPS) is 15.0. The molecule has 0 saturated heterocycles. The van der Waals surface area contributed by atoms with Gasteiger partial charge in [-0.25, -0.2) is 4.68 Å². The van der Waals surface area contributed by atoms with Crippen LogP contribution < -0.4 is 4.74 Å². The predicted octanol–water partition coefficient (Wildman–Crippen LogP) is 5.25. The van der Waals surface area contributed by atoms with Crippen molar-refractivity contribution >= 4 is 17.9 Å². The molecule has 1 aliphatic rings. The number of benzene rings is 2. The van der Waals surface area contributed by atoms with Gasteiger partial charge >= 0.3 is 0 Å². The lowest BCUT2D eigenvalue weighted by atomic mass is 9.92. The molecule has 0 bridgehead atoms. The van der Waals surface area contributed by atoms with E-state index in [9.17, 15) is 14.9 Å². The van der Waals surface area contributed by atoms with Crippen LogP contribution in [0.2, 0.25) is 0 Å². The number of methoxy groups -OCH3 is 1. The Morgan fingerprint density at radius 1 is 1.08 bits per heavy atom. The molecule has 1 aliphatic heterocycles. The molecule has 0 atom stereocenters. The summed E-state index contributed by atoms with van der Waals surface area (Å²) < 4.78 is 7.13. The largest absolute Gasteiger partial charge is 0.497 e. The maximum atomic E-state index is 13.4. The van der Waals surface area contributed by atoms with Gasteiger partial charge in [0.1, 0.15) is 23.1 Å². The fourth-order valence-electron chi connectivity index (χ4n) is 4.25. The van der Waals surface area contributed by atoms with Crippen molar-refractivity contribution in [3.8, 4) is 28.8 Å². The van der Waals surface area contributed by atoms with E-state index in [4.69, 9.17) is 9.84 Å². The van der Waals surface area contributed by atoms with Crippen molar-refractivity contribution in [2.45, 2.75) is 33.6 Å². The van der Waals surface area contributed by atoms with Crippen LogP contribution in [0, 0.1) is 18.3 Å². The number of nitrogens with zero attached hydrogens (tertiary/aromatic N) is 4. The number of ether oxygens (including phenoxy) is 1. The minimum Gasteiger partial charge on any atom is -0.497 e. The second-order valence-corrected chi connectivity index (χ2v) is 8.68. The zero-order valence-electron chi connectivity index (χ0n) is 20.9. The smallest absolute Gasteiger partial charge is 0.271 e. The summed E-state index contributed by atoms with van der Waals surface area (Å²) in [6.07, 6.45) is 5.10. The standard InChI is InChI=1S/C29H28N4O3/c1-5-6-14-32-28(34)25(20(3)26(17-30)29(32)35)16-21-18-33(22-10-8-7-9-11-22)31-27(21)24-13-12-23(36-4)15-19(24)2/h7-13,15-16,18H,5-6,14H2,1-4H3/b25-16-. The van der Waals surface area contributed by atoms with Crippen LogP contribution >= 0.6 is 0 Å². The average Bonchev–Trinajstić information content (AvgIpc) is 3.31. The molecule has 36 heavy (non-hydrogen) atoms. The molecular weight excluding hydrogens is 452 g/mol. The summed E-state index contributed by atoms with van der Waals surface area (Å²) in [6.45, 7) is 5.89. The van der Waals surface area contributed by atoms with Crippen LogP contribution in [0.5, 0.6) is 5.75 Å². The van der Waals surface area contributed by atoms with Crippen molar-refractivity contribution < 1.29 is 14.3 Å². The number of aromatic nitrogens is 2. The number of rotatable bonds is 7. The van der Waals surface area contributed by atoms with Crippen LogP contribution in [0.1, 0.15) is 37.8 Å². The van der Waals surface area contributed by atoms with Gasteiger partial charge in [0.15, 0.2) is 0 Å². The molecule has 0 saturated carbocycles. The van der Waals surface area contributed by atoms with Crippen LogP contribution in [0.4, 0.5) is 0 Å². The molecule has 7 nitrogen and oxygen atoms in total. The number of carbonyl (C=O) groups excluding carboxylic acids is 2. The van der Waals surface area contributed by atoms with E-state index in [2.05, 4.69) is 0 Å². The molecule has 0 fully saturated rings.